The lowest BCUT2D eigenvalue weighted by Crippen LogP contribution is -2.28. The number of aliphatic hydroxyl groups is 2. The summed E-state index contributed by atoms with van der Waals surface area (Å²) in [5.41, 5.74) is -2.82. The maximum atomic E-state index is 12.6. The molecule has 0 saturated carbocycles. The first kappa shape index (κ1) is 15.9. The van der Waals surface area contributed by atoms with Gasteiger partial charge in [0.05, 0.1) is 11.1 Å². The molecule has 2 unspecified atom stereocenters. The molecule has 2 atom stereocenters. The summed E-state index contributed by atoms with van der Waals surface area (Å²) in [6, 6.07) is 1.38. The highest BCUT2D eigenvalue weighted by molar-refractivity contribution is 5.88. The predicted octanol–water partition coefficient (Wildman–Crippen LogP) is 0.882. The number of hydrogen-bond acceptors (Lipinski definition) is 4. The molecule has 0 spiro atoms. The van der Waals surface area contributed by atoms with Crippen LogP contribution in [-0.2, 0) is 11.0 Å². The van der Waals surface area contributed by atoms with E-state index in [0.29, 0.717) is 18.2 Å². The number of aromatic carboxylic acids is 1. The molecule has 1 aromatic rings. The average molecular weight is 294 g/mol. The number of carboxylic acid groups (broad SMARTS) is 2. The third-order valence-corrected chi connectivity index (χ3v) is 2.42. The first-order valence-corrected chi connectivity index (χ1v) is 5.08. The van der Waals surface area contributed by atoms with Crippen LogP contribution < -0.4 is 0 Å². The van der Waals surface area contributed by atoms with E-state index >= 15 is 0 Å². The average Bonchev–Trinajstić information content (AvgIpc) is 2.35. The van der Waals surface area contributed by atoms with Gasteiger partial charge in [0.1, 0.15) is 6.10 Å². The maximum Gasteiger partial charge on any atom is 0.416 e. The van der Waals surface area contributed by atoms with Gasteiger partial charge in [0, 0.05) is 0 Å². The van der Waals surface area contributed by atoms with Gasteiger partial charge < -0.3 is 20.4 Å². The molecule has 1 aromatic carbocycles. The Labute approximate surface area is 109 Å². The maximum absolute atomic E-state index is 12.6. The number of carboxylic acids is 2. The number of hydrogen-bond donors (Lipinski definition) is 4. The molecule has 0 aliphatic carbocycles. The van der Waals surface area contributed by atoms with E-state index in [0.717, 1.165) is 0 Å². The molecular formula is C11H9F3O6. The summed E-state index contributed by atoms with van der Waals surface area (Å²) in [5, 5.41) is 35.7. The van der Waals surface area contributed by atoms with E-state index in [9.17, 15) is 27.9 Å². The van der Waals surface area contributed by atoms with E-state index in [2.05, 4.69) is 0 Å². The number of benzene rings is 1. The molecule has 0 heterocycles. The van der Waals surface area contributed by atoms with Crippen molar-refractivity contribution < 1.29 is 43.2 Å². The summed E-state index contributed by atoms with van der Waals surface area (Å²) in [4.78, 5) is 21.2. The fourth-order valence-corrected chi connectivity index (χ4v) is 1.43. The van der Waals surface area contributed by atoms with Gasteiger partial charge in [-0.2, -0.15) is 13.2 Å². The first-order valence-electron chi connectivity index (χ1n) is 5.08. The predicted molar refractivity (Wildman–Crippen MR) is 57.0 cm³/mol. The van der Waals surface area contributed by atoms with Gasteiger partial charge in [-0.15, -0.1) is 0 Å². The Hall–Kier alpha value is -2.13. The van der Waals surface area contributed by atoms with Gasteiger partial charge in [-0.25, -0.2) is 9.59 Å². The zero-order valence-corrected chi connectivity index (χ0v) is 9.63. The minimum absolute atomic E-state index is 0.339. The van der Waals surface area contributed by atoms with Crippen LogP contribution in [-0.4, -0.2) is 38.5 Å². The monoisotopic (exact) mass is 294 g/mol. The Balaban J connectivity index is 3.36. The van der Waals surface area contributed by atoms with Crippen molar-refractivity contribution in [2.75, 3.05) is 0 Å². The van der Waals surface area contributed by atoms with E-state index in [1.165, 1.54) is 0 Å². The third-order valence-electron chi connectivity index (χ3n) is 2.42. The van der Waals surface area contributed by atoms with E-state index in [4.69, 9.17) is 15.3 Å². The largest absolute Gasteiger partial charge is 0.479 e. The van der Waals surface area contributed by atoms with Gasteiger partial charge in [-0.1, -0.05) is 0 Å². The molecule has 0 amide bonds. The van der Waals surface area contributed by atoms with Crippen LogP contribution >= 0.6 is 0 Å². The molecular weight excluding hydrogens is 285 g/mol. The fourth-order valence-electron chi connectivity index (χ4n) is 1.43. The highest BCUT2D eigenvalue weighted by Gasteiger charge is 2.34. The molecule has 0 bridgehead atoms. The summed E-state index contributed by atoms with van der Waals surface area (Å²) < 4.78 is 37.7. The van der Waals surface area contributed by atoms with Crippen molar-refractivity contribution in [3.05, 3.63) is 34.9 Å². The second kappa shape index (κ2) is 5.47. The molecule has 0 fully saturated rings. The van der Waals surface area contributed by atoms with Gasteiger partial charge in [0.2, 0.25) is 0 Å². The Bertz CT molecular complexity index is 539. The molecule has 0 saturated heterocycles. The standard InChI is InChI=1S/C11H9F3O6/c12-11(13,14)6-2-4(1-5(3-6)9(17)18)7(15)8(16)10(19)20/h1-3,7-8,15-16H,(H,17,18)(H,19,20). The summed E-state index contributed by atoms with van der Waals surface area (Å²) in [7, 11) is 0. The summed E-state index contributed by atoms with van der Waals surface area (Å²) in [6.45, 7) is 0. The Morgan fingerprint density at radius 3 is 2.00 bits per heavy atom. The van der Waals surface area contributed by atoms with Crippen molar-refractivity contribution in [3.8, 4) is 0 Å². The minimum Gasteiger partial charge on any atom is -0.479 e. The molecule has 20 heavy (non-hydrogen) atoms. The molecule has 9 heteroatoms. The van der Waals surface area contributed by atoms with Crippen LogP contribution in [0.15, 0.2) is 18.2 Å². The number of carbonyl (C=O) groups is 2. The Morgan fingerprint density at radius 1 is 1.05 bits per heavy atom. The number of alkyl halides is 3. The van der Waals surface area contributed by atoms with Crippen molar-refractivity contribution >= 4 is 11.9 Å². The van der Waals surface area contributed by atoms with Crippen molar-refractivity contribution in [2.24, 2.45) is 0 Å². The topological polar surface area (TPSA) is 115 Å². The number of rotatable bonds is 4. The lowest BCUT2D eigenvalue weighted by molar-refractivity contribution is -0.153. The lowest BCUT2D eigenvalue weighted by atomic mass is 9.98. The number of aliphatic carboxylic acids is 1. The zero-order valence-electron chi connectivity index (χ0n) is 9.63. The van der Waals surface area contributed by atoms with E-state index in [1.54, 1.807) is 0 Å². The highest BCUT2D eigenvalue weighted by atomic mass is 19.4. The van der Waals surface area contributed by atoms with E-state index in [-0.39, 0.29) is 0 Å². The molecule has 0 aliphatic rings. The van der Waals surface area contributed by atoms with Crippen LogP contribution in [0.1, 0.15) is 27.6 Å². The first-order chi connectivity index (χ1) is 9.04. The summed E-state index contributed by atoms with van der Waals surface area (Å²) in [5.74, 6) is -3.54. The molecule has 6 nitrogen and oxygen atoms in total. The number of aliphatic hydroxyl groups excluding tert-OH is 2. The summed E-state index contributed by atoms with van der Waals surface area (Å²) >= 11 is 0. The molecule has 4 N–H and O–H groups in total. The molecule has 1 rings (SSSR count). The van der Waals surface area contributed by atoms with Crippen LogP contribution in [0, 0.1) is 0 Å². The van der Waals surface area contributed by atoms with E-state index in [1.807, 2.05) is 0 Å². The van der Waals surface area contributed by atoms with Crippen LogP contribution in [0.3, 0.4) is 0 Å². The van der Waals surface area contributed by atoms with Gasteiger partial charge >= 0.3 is 18.1 Å². The smallest absolute Gasteiger partial charge is 0.416 e. The second-order valence-electron chi connectivity index (χ2n) is 3.87. The Morgan fingerprint density at radius 2 is 1.60 bits per heavy atom. The Kier molecular flexibility index (Phi) is 4.36. The molecule has 0 aromatic heterocycles. The van der Waals surface area contributed by atoms with Gasteiger partial charge in [0.25, 0.3) is 0 Å². The lowest BCUT2D eigenvalue weighted by Gasteiger charge is -2.17. The number of halogens is 3. The van der Waals surface area contributed by atoms with Crippen molar-refractivity contribution in [2.45, 2.75) is 18.4 Å². The third kappa shape index (κ3) is 3.45. The summed E-state index contributed by atoms with van der Waals surface area (Å²) in [6.07, 6.45) is -9.44. The quantitative estimate of drug-likeness (QED) is 0.655. The van der Waals surface area contributed by atoms with Gasteiger partial charge in [0.15, 0.2) is 6.10 Å². The van der Waals surface area contributed by atoms with Crippen molar-refractivity contribution in [3.63, 3.8) is 0 Å². The normalized spacial score (nSPS) is 14.7. The fraction of sp³-hybridized carbons (Fsp3) is 0.273. The molecule has 110 valence electrons. The minimum atomic E-state index is -4.88. The van der Waals surface area contributed by atoms with Crippen LogP contribution in [0.2, 0.25) is 0 Å². The second-order valence-corrected chi connectivity index (χ2v) is 3.87. The van der Waals surface area contributed by atoms with Crippen LogP contribution in [0.25, 0.3) is 0 Å². The van der Waals surface area contributed by atoms with Gasteiger partial charge in [-0.3, -0.25) is 0 Å². The van der Waals surface area contributed by atoms with Crippen LogP contribution in [0.5, 0.6) is 0 Å². The van der Waals surface area contributed by atoms with Gasteiger partial charge in [-0.05, 0) is 23.8 Å². The zero-order chi connectivity index (χ0) is 15.7. The van der Waals surface area contributed by atoms with Crippen molar-refractivity contribution in [1.29, 1.82) is 0 Å². The van der Waals surface area contributed by atoms with E-state index < -0.39 is 47.0 Å². The van der Waals surface area contributed by atoms with Crippen molar-refractivity contribution in [1.82, 2.24) is 0 Å². The molecule has 0 radical (unpaired) electrons. The highest BCUT2D eigenvalue weighted by Crippen LogP contribution is 2.32. The SMILES string of the molecule is O=C(O)c1cc(C(O)C(O)C(=O)O)cc(C(F)(F)F)c1. The molecule has 0 aliphatic heterocycles. The van der Waals surface area contributed by atoms with Crippen LogP contribution in [0.4, 0.5) is 13.2 Å².